The van der Waals surface area contributed by atoms with E-state index in [0.29, 0.717) is 6.61 Å². The highest BCUT2D eigenvalue weighted by Gasteiger charge is 2.62. The van der Waals surface area contributed by atoms with Gasteiger partial charge in [-0.05, 0) is 47.5 Å². The summed E-state index contributed by atoms with van der Waals surface area (Å²) in [6.45, 7) is 11.4. The predicted octanol–water partition coefficient (Wildman–Crippen LogP) is 3.14. The van der Waals surface area contributed by atoms with Crippen LogP contribution in [0.5, 0.6) is 0 Å². The van der Waals surface area contributed by atoms with Crippen molar-refractivity contribution in [1.82, 2.24) is 10.4 Å². The first kappa shape index (κ1) is 17.2. The van der Waals surface area contributed by atoms with Crippen molar-refractivity contribution in [3.63, 3.8) is 0 Å². The van der Waals surface area contributed by atoms with Gasteiger partial charge in [-0.25, -0.2) is 0 Å². The first-order valence-corrected chi connectivity index (χ1v) is 9.11. The molecule has 1 N–H and O–H groups in total. The summed E-state index contributed by atoms with van der Waals surface area (Å²) < 4.78 is 6.59. The molecule has 132 valence electrons. The maximum absolute atomic E-state index is 12.8. The van der Waals surface area contributed by atoms with E-state index in [4.69, 9.17) is 9.57 Å². The Balaban J connectivity index is 1.88. The van der Waals surface area contributed by atoms with E-state index in [-0.39, 0.29) is 17.0 Å². The van der Waals surface area contributed by atoms with Crippen LogP contribution in [0.3, 0.4) is 0 Å². The van der Waals surface area contributed by atoms with E-state index in [2.05, 4.69) is 38.1 Å². The fourth-order valence-electron chi connectivity index (χ4n) is 5.28. The zero-order valence-electron chi connectivity index (χ0n) is 15.3. The second-order valence-electron chi connectivity index (χ2n) is 8.80. The van der Waals surface area contributed by atoms with Gasteiger partial charge in [-0.15, -0.1) is 0 Å². The van der Waals surface area contributed by atoms with Gasteiger partial charge in [0.25, 0.3) is 5.91 Å². The van der Waals surface area contributed by atoms with Gasteiger partial charge >= 0.3 is 0 Å². The SMILES string of the molecule is CCON1C(C)(C)CC2(CC1(C)C)NC(=O)C1(CCCCC1)O2. The lowest BCUT2D eigenvalue weighted by atomic mass is 9.76. The molecule has 2 heterocycles. The van der Waals surface area contributed by atoms with Crippen LogP contribution in [-0.2, 0) is 14.4 Å². The van der Waals surface area contributed by atoms with E-state index in [0.717, 1.165) is 38.5 Å². The molecule has 2 saturated heterocycles. The summed E-state index contributed by atoms with van der Waals surface area (Å²) in [5.41, 5.74) is -1.55. The molecule has 2 aliphatic heterocycles. The number of ether oxygens (including phenoxy) is 1. The molecule has 1 aliphatic carbocycles. The third-order valence-corrected chi connectivity index (χ3v) is 5.60. The lowest BCUT2D eigenvalue weighted by molar-refractivity contribution is -0.313. The normalized spacial score (nSPS) is 31.4. The van der Waals surface area contributed by atoms with Crippen LogP contribution in [0.2, 0.25) is 0 Å². The van der Waals surface area contributed by atoms with Crippen LogP contribution in [0.15, 0.2) is 0 Å². The minimum absolute atomic E-state index is 0.105. The number of carbonyl (C=O) groups is 1. The molecular weight excluding hydrogens is 292 g/mol. The van der Waals surface area contributed by atoms with Gasteiger partial charge in [0.1, 0.15) is 11.3 Å². The van der Waals surface area contributed by atoms with Crippen molar-refractivity contribution < 1.29 is 14.4 Å². The van der Waals surface area contributed by atoms with Crippen LogP contribution in [0.4, 0.5) is 0 Å². The Hall–Kier alpha value is -0.650. The molecule has 1 saturated carbocycles. The van der Waals surface area contributed by atoms with Gasteiger partial charge < -0.3 is 10.1 Å². The summed E-state index contributed by atoms with van der Waals surface area (Å²) in [6, 6.07) is 0. The number of hydrogen-bond acceptors (Lipinski definition) is 4. The topological polar surface area (TPSA) is 50.8 Å². The fourth-order valence-corrected chi connectivity index (χ4v) is 5.28. The Morgan fingerprint density at radius 1 is 1.09 bits per heavy atom. The number of piperidine rings is 1. The van der Waals surface area contributed by atoms with Crippen molar-refractivity contribution in [2.75, 3.05) is 6.61 Å². The number of hydroxylamine groups is 2. The summed E-state index contributed by atoms with van der Waals surface area (Å²) in [5.74, 6) is 0.105. The molecule has 0 atom stereocenters. The van der Waals surface area contributed by atoms with Gasteiger partial charge in [-0.3, -0.25) is 9.63 Å². The highest BCUT2D eigenvalue weighted by atomic mass is 16.7. The lowest BCUT2D eigenvalue weighted by Crippen LogP contribution is -2.68. The molecule has 0 aromatic heterocycles. The Bertz CT molecular complexity index is 463. The number of rotatable bonds is 2. The lowest BCUT2D eigenvalue weighted by Gasteiger charge is -2.56. The van der Waals surface area contributed by atoms with E-state index in [1.54, 1.807) is 0 Å². The summed E-state index contributed by atoms with van der Waals surface area (Å²) in [6.07, 6.45) is 6.59. The molecule has 23 heavy (non-hydrogen) atoms. The zero-order chi connectivity index (χ0) is 16.9. The van der Waals surface area contributed by atoms with E-state index in [9.17, 15) is 4.79 Å². The van der Waals surface area contributed by atoms with Gasteiger partial charge in [0.05, 0.1) is 6.61 Å². The second kappa shape index (κ2) is 5.43. The van der Waals surface area contributed by atoms with Crippen molar-refractivity contribution in [2.45, 2.75) is 102 Å². The number of amides is 1. The maximum atomic E-state index is 12.8. The molecule has 0 aromatic rings. The van der Waals surface area contributed by atoms with Crippen LogP contribution < -0.4 is 5.32 Å². The predicted molar refractivity (Wildman–Crippen MR) is 88.6 cm³/mol. The van der Waals surface area contributed by atoms with Crippen LogP contribution in [-0.4, -0.2) is 40.0 Å². The third-order valence-electron chi connectivity index (χ3n) is 5.60. The van der Waals surface area contributed by atoms with Gasteiger partial charge in [-0.1, -0.05) is 19.3 Å². The number of hydrogen-bond donors (Lipinski definition) is 1. The van der Waals surface area contributed by atoms with Crippen LogP contribution in [0.1, 0.15) is 79.6 Å². The highest BCUT2D eigenvalue weighted by molar-refractivity contribution is 5.87. The Morgan fingerprint density at radius 2 is 1.65 bits per heavy atom. The van der Waals surface area contributed by atoms with Crippen molar-refractivity contribution in [3.05, 3.63) is 0 Å². The average Bonchev–Trinajstić information content (AvgIpc) is 2.65. The molecule has 3 aliphatic rings. The smallest absolute Gasteiger partial charge is 0.254 e. The van der Waals surface area contributed by atoms with Crippen LogP contribution in [0.25, 0.3) is 0 Å². The Labute approximate surface area is 140 Å². The maximum Gasteiger partial charge on any atom is 0.254 e. The van der Waals surface area contributed by atoms with Crippen molar-refractivity contribution in [2.24, 2.45) is 0 Å². The van der Waals surface area contributed by atoms with E-state index in [1.165, 1.54) is 6.42 Å². The number of nitrogens with one attached hydrogen (secondary N) is 1. The standard InChI is InChI=1S/C18H32N2O3/c1-6-22-20-15(2,3)12-18(13-16(20,4)5)19-14(21)17(23-18)10-8-7-9-11-17/h6-13H2,1-5H3,(H,19,21). The monoisotopic (exact) mass is 324 g/mol. The second-order valence-corrected chi connectivity index (χ2v) is 8.80. The third kappa shape index (κ3) is 2.81. The minimum atomic E-state index is -0.585. The molecule has 5 heteroatoms. The molecule has 0 aromatic carbocycles. The highest BCUT2D eigenvalue weighted by Crippen LogP contribution is 2.50. The fraction of sp³-hybridized carbons (Fsp3) is 0.944. The molecular formula is C18H32N2O3. The van der Waals surface area contributed by atoms with Gasteiger partial charge in [-0.2, -0.15) is 5.06 Å². The number of carbonyl (C=O) groups excluding carboxylic acids is 1. The first-order valence-electron chi connectivity index (χ1n) is 9.11. The summed E-state index contributed by atoms with van der Waals surface area (Å²) in [7, 11) is 0. The van der Waals surface area contributed by atoms with Gasteiger partial charge in [0.2, 0.25) is 0 Å². The first-order chi connectivity index (χ1) is 10.6. The van der Waals surface area contributed by atoms with Gasteiger partial charge in [0, 0.05) is 23.9 Å². The molecule has 0 radical (unpaired) electrons. The van der Waals surface area contributed by atoms with Crippen LogP contribution >= 0.6 is 0 Å². The Kier molecular flexibility index (Phi) is 4.06. The quantitative estimate of drug-likeness (QED) is 0.848. The molecule has 0 unspecified atom stereocenters. The summed E-state index contributed by atoms with van der Waals surface area (Å²) >= 11 is 0. The van der Waals surface area contributed by atoms with E-state index in [1.807, 2.05) is 6.92 Å². The molecule has 5 nitrogen and oxygen atoms in total. The van der Waals surface area contributed by atoms with Crippen molar-refractivity contribution in [1.29, 1.82) is 0 Å². The summed E-state index contributed by atoms with van der Waals surface area (Å²) in [4.78, 5) is 18.7. The molecule has 3 fully saturated rings. The molecule has 2 spiro atoms. The van der Waals surface area contributed by atoms with Crippen molar-refractivity contribution in [3.8, 4) is 0 Å². The molecule has 0 bridgehead atoms. The van der Waals surface area contributed by atoms with Gasteiger partial charge in [0.15, 0.2) is 0 Å². The van der Waals surface area contributed by atoms with Crippen LogP contribution in [0, 0.1) is 0 Å². The minimum Gasteiger partial charge on any atom is -0.339 e. The van der Waals surface area contributed by atoms with E-state index >= 15 is 0 Å². The Morgan fingerprint density at radius 3 is 2.17 bits per heavy atom. The molecule has 1 amide bonds. The van der Waals surface area contributed by atoms with Crippen molar-refractivity contribution >= 4 is 5.91 Å². The summed E-state index contributed by atoms with van der Waals surface area (Å²) in [5, 5.41) is 5.36. The largest absolute Gasteiger partial charge is 0.339 e. The zero-order valence-corrected chi connectivity index (χ0v) is 15.3. The number of nitrogens with zero attached hydrogens (tertiary/aromatic N) is 1. The van der Waals surface area contributed by atoms with E-state index < -0.39 is 11.3 Å². The molecule has 3 rings (SSSR count). The average molecular weight is 324 g/mol.